The van der Waals surface area contributed by atoms with Crippen molar-refractivity contribution in [3.8, 4) is 0 Å². The van der Waals surface area contributed by atoms with Gasteiger partial charge in [-0.05, 0) is 68.1 Å². The lowest BCUT2D eigenvalue weighted by atomic mass is 9.97. The van der Waals surface area contributed by atoms with Crippen LogP contribution in [0.25, 0.3) is 0 Å². The largest absolute Gasteiger partial charge is 0.358 e. The molecule has 8 nitrogen and oxygen atoms in total. The van der Waals surface area contributed by atoms with Crippen LogP contribution in [0.5, 0.6) is 0 Å². The number of hydrogen-bond donors (Lipinski definition) is 3. The standard InChI is InChI=1S/C30H40F3N5O3/c1-5-6-23-18-37(26(27(39)35-4)17-20-16-22(32)11-12-24(20)33)13-14-38(23)28(40)25(36-29(41)30(2,3)34)15-19-7-9-21(31)10-8-19/h7-12,16,23,25-26H,5-6,13-15,17-18,34H2,1-4H3,(H,35,39)(H,36,41). The molecule has 0 bridgehead atoms. The molecule has 0 aromatic heterocycles. The molecule has 41 heavy (non-hydrogen) atoms. The van der Waals surface area contributed by atoms with E-state index in [0.29, 0.717) is 25.1 Å². The summed E-state index contributed by atoms with van der Waals surface area (Å²) in [6, 6.07) is 6.86. The zero-order valence-corrected chi connectivity index (χ0v) is 24.1. The number of benzene rings is 2. The Bertz CT molecular complexity index is 1220. The number of likely N-dealkylation sites (N-methyl/N-ethyl adjacent to an activating group) is 1. The minimum Gasteiger partial charge on any atom is -0.358 e. The summed E-state index contributed by atoms with van der Waals surface area (Å²) in [5.74, 6) is -2.74. The van der Waals surface area contributed by atoms with Crippen molar-refractivity contribution in [2.75, 3.05) is 26.7 Å². The number of hydrogen-bond acceptors (Lipinski definition) is 5. The van der Waals surface area contributed by atoms with Gasteiger partial charge in [-0.2, -0.15) is 0 Å². The van der Waals surface area contributed by atoms with E-state index in [1.54, 1.807) is 30.9 Å². The molecule has 1 aliphatic heterocycles. The van der Waals surface area contributed by atoms with E-state index in [9.17, 15) is 27.6 Å². The van der Waals surface area contributed by atoms with Crippen LogP contribution in [0.1, 0.15) is 44.7 Å². The molecule has 224 valence electrons. The van der Waals surface area contributed by atoms with E-state index < -0.39 is 41.0 Å². The van der Waals surface area contributed by atoms with Crippen molar-refractivity contribution in [1.82, 2.24) is 20.4 Å². The molecule has 0 radical (unpaired) electrons. The summed E-state index contributed by atoms with van der Waals surface area (Å²) in [5, 5.41) is 5.40. The molecule has 0 saturated carbocycles. The van der Waals surface area contributed by atoms with Crippen LogP contribution in [0.4, 0.5) is 13.2 Å². The monoisotopic (exact) mass is 575 g/mol. The van der Waals surface area contributed by atoms with Crippen molar-refractivity contribution in [3.63, 3.8) is 0 Å². The van der Waals surface area contributed by atoms with Crippen molar-refractivity contribution in [2.24, 2.45) is 5.73 Å². The molecule has 3 unspecified atom stereocenters. The Balaban J connectivity index is 1.85. The van der Waals surface area contributed by atoms with Crippen LogP contribution in [0.2, 0.25) is 0 Å². The third-order valence-corrected chi connectivity index (χ3v) is 7.37. The van der Waals surface area contributed by atoms with Gasteiger partial charge < -0.3 is 21.3 Å². The zero-order chi connectivity index (χ0) is 30.3. The summed E-state index contributed by atoms with van der Waals surface area (Å²) < 4.78 is 41.8. The summed E-state index contributed by atoms with van der Waals surface area (Å²) in [4.78, 5) is 43.3. The number of rotatable bonds is 11. The minimum absolute atomic E-state index is 0.0368. The van der Waals surface area contributed by atoms with Gasteiger partial charge in [0.25, 0.3) is 0 Å². The summed E-state index contributed by atoms with van der Waals surface area (Å²) in [6.07, 6.45) is 1.47. The van der Waals surface area contributed by atoms with E-state index in [1.807, 2.05) is 11.8 Å². The lowest BCUT2D eigenvalue weighted by Crippen LogP contribution is -2.64. The molecule has 1 aliphatic rings. The second-order valence-corrected chi connectivity index (χ2v) is 11.1. The first-order valence-corrected chi connectivity index (χ1v) is 13.9. The van der Waals surface area contributed by atoms with Crippen molar-refractivity contribution in [2.45, 2.75) is 70.1 Å². The number of nitrogens with two attached hydrogens (primary N) is 1. The van der Waals surface area contributed by atoms with Gasteiger partial charge in [0, 0.05) is 39.1 Å². The zero-order valence-electron chi connectivity index (χ0n) is 24.1. The first-order valence-electron chi connectivity index (χ1n) is 13.9. The third kappa shape index (κ3) is 8.53. The fourth-order valence-electron chi connectivity index (χ4n) is 5.10. The third-order valence-electron chi connectivity index (χ3n) is 7.37. The maximum absolute atomic E-state index is 14.5. The summed E-state index contributed by atoms with van der Waals surface area (Å²) in [7, 11) is 1.49. The Hall–Kier alpha value is -3.44. The second kappa shape index (κ2) is 14.0. The first kappa shape index (κ1) is 32.1. The predicted molar refractivity (Wildman–Crippen MR) is 150 cm³/mol. The highest BCUT2D eigenvalue weighted by atomic mass is 19.1. The molecule has 3 atom stereocenters. The van der Waals surface area contributed by atoms with Crippen LogP contribution in [0.15, 0.2) is 42.5 Å². The number of nitrogens with one attached hydrogen (secondary N) is 2. The van der Waals surface area contributed by atoms with Gasteiger partial charge in [-0.25, -0.2) is 13.2 Å². The molecule has 0 aliphatic carbocycles. The average molecular weight is 576 g/mol. The Kier molecular flexibility index (Phi) is 10.9. The number of amides is 3. The molecule has 1 saturated heterocycles. The van der Waals surface area contributed by atoms with Crippen LogP contribution < -0.4 is 16.4 Å². The Labute approximate surface area is 239 Å². The van der Waals surface area contributed by atoms with Crippen molar-refractivity contribution in [3.05, 3.63) is 71.0 Å². The highest BCUT2D eigenvalue weighted by Crippen LogP contribution is 2.22. The van der Waals surface area contributed by atoms with E-state index in [4.69, 9.17) is 5.73 Å². The highest BCUT2D eigenvalue weighted by molar-refractivity contribution is 5.92. The molecular weight excluding hydrogens is 535 g/mol. The van der Waals surface area contributed by atoms with Crippen LogP contribution in [-0.2, 0) is 27.2 Å². The SMILES string of the molecule is CCCC1CN(C(Cc2cc(F)ccc2F)C(=O)NC)CCN1C(=O)C(Cc1ccc(F)cc1)NC(=O)C(C)(C)N. The van der Waals surface area contributed by atoms with Crippen LogP contribution in [-0.4, -0.2) is 77.9 Å². The topological polar surface area (TPSA) is 108 Å². The fraction of sp³-hybridized carbons (Fsp3) is 0.500. The normalized spacial score (nSPS) is 17.6. The maximum atomic E-state index is 14.5. The second-order valence-electron chi connectivity index (χ2n) is 11.1. The molecular formula is C30H40F3N5O3. The van der Waals surface area contributed by atoms with E-state index >= 15 is 0 Å². The molecule has 3 amide bonds. The van der Waals surface area contributed by atoms with Gasteiger partial charge in [0.05, 0.1) is 11.6 Å². The number of halogens is 3. The Morgan fingerprint density at radius 3 is 2.29 bits per heavy atom. The first-order chi connectivity index (χ1) is 19.3. The summed E-state index contributed by atoms with van der Waals surface area (Å²) in [5.41, 5.74) is 5.52. The van der Waals surface area contributed by atoms with Gasteiger partial charge in [-0.15, -0.1) is 0 Å². The highest BCUT2D eigenvalue weighted by Gasteiger charge is 2.39. The van der Waals surface area contributed by atoms with Crippen LogP contribution in [0, 0.1) is 17.5 Å². The van der Waals surface area contributed by atoms with Gasteiger partial charge in [-0.1, -0.05) is 25.5 Å². The van der Waals surface area contributed by atoms with Crippen LogP contribution >= 0.6 is 0 Å². The van der Waals surface area contributed by atoms with Crippen molar-refractivity contribution in [1.29, 1.82) is 0 Å². The van der Waals surface area contributed by atoms with Gasteiger partial charge in [0.2, 0.25) is 17.7 Å². The van der Waals surface area contributed by atoms with E-state index in [2.05, 4.69) is 10.6 Å². The number of carbonyl (C=O) groups is 3. The summed E-state index contributed by atoms with van der Waals surface area (Å²) in [6.45, 7) is 5.95. The van der Waals surface area contributed by atoms with Crippen molar-refractivity contribution < 1.29 is 27.6 Å². The predicted octanol–water partition coefficient (Wildman–Crippen LogP) is 2.54. The Morgan fingerprint density at radius 2 is 1.68 bits per heavy atom. The van der Waals surface area contributed by atoms with E-state index in [1.165, 1.54) is 19.2 Å². The van der Waals surface area contributed by atoms with E-state index in [-0.39, 0.29) is 42.8 Å². The molecule has 4 N–H and O–H groups in total. The van der Waals surface area contributed by atoms with Gasteiger partial charge in [0.15, 0.2) is 0 Å². The molecule has 1 fully saturated rings. The van der Waals surface area contributed by atoms with Gasteiger partial charge >= 0.3 is 0 Å². The maximum Gasteiger partial charge on any atom is 0.245 e. The molecule has 2 aromatic rings. The van der Waals surface area contributed by atoms with Crippen LogP contribution in [0.3, 0.4) is 0 Å². The lowest BCUT2D eigenvalue weighted by molar-refractivity contribution is -0.143. The van der Waals surface area contributed by atoms with Gasteiger partial charge in [0.1, 0.15) is 23.5 Å². The van der Waals surface area contributed by atoms with E-state index in [0.717, 1.165) is 24.6 Å². The molecule has 1 heterocycles. The quantitative estimate of drug-likeness (QED) is 0.382. The smallest absolute Gasteiger partial charge is 0.245 e. The lowest BCUT2D eigenvalue weighted by Gasteiger charge is -2.45. The molecule has 11 heteroatoms. The van der Waals surface area contributed by atoms with Gasteiger partial charge in [-0.3, -0.25) is 19.3 Å². The summed E-state index contributed by atoms with van der Waals surface area (Å²) >= 11 is 0. The molecule has 3 rings (SSSR count). The van der Waals surface area contributed by atoms with Crippen molar-refractivity contribution >= 4 is 17.7 Å². The number of piperazine rings is 1. The number of carbonyl (C=O) groups excluding carboxylic acids is 3. The average Bonchev–Trinajstić information content (AvgIpc) is 2.93. The number of nitrogens with zero attached hydrogens (tertiary/aromatic N) is 2. The minimum atomic E-state index is -1.23. The molecule has 2 aromatic carbocycles. The fourth-order valence-corrected chi connectivity index (χ4v) is 5.10. The Morgan fingerprint density at radius 1 is 1.02 bits per heavy atom. The molecule has 0 spiro atoms.